The standard InChI is InChI=1S/C15H16Cl2N2O/c1-3-11-8-12(19(4-2)18-11)9-15(20)13-7-10(16)5-6-14(13)17/h5-8H,3-4,9H2,1-2H3. The Labute approximate surface area is 128 Å². The number of carbonyl (C=O) groups is 1. The van der Waals surface area contributed by atoms with Crippen LogP contribution in [-0.4, -0.2) is 15.6 Å². The quantitative estimate of drug-likeness (QED) is 0.776. The molecule has 2 aromatic rings. The van der Waals surface area contributed by atoms with Crippen LogP contribution in [0.4, 0.5) is 0 Å². The second kappa shape index (κ2) is 6.42. The molecule has 0 aliphatic heterocycles. The molecule has 106 valence electrons. The number of aryl methyl sites for hydroxylation is 2. The monoisotopic (exact) mass is 310 g/mol. The van der Waals surface area contributed by atoms with Gasteiger partial charge in [-0.15, -0.1) is 0 Å². The first-order valence-corrected chi connectivity index (χ1v) is 7.34. The molecule has 0 saturated carbocycles. The van der Waals surface area contributed by atoms with Gasteiger partial charge in [0.1, 0.15) is 0 Å². The maximum atomic E-state index is 12.4. The third kappa shape index (κ3) is 3.22. The fourth-order valence-electron chi connectivity index (χ4n) is 2.07. The highest BCUT2D eigenvalue weighted by Gasteiger charge is 2.15. The zero-order valence-electron chi connectivity index (χ0n) is 11.5. The van der Waals surface area contributed by atoms with E-state index in [1.165, 1.54) is 0 Å². The van der Waals surface area contributed by atoms with Gasteiger partial charge in [0.05, 0.1) is 17.1 Å². The van der Waals surface area contributed by atoms with Crippen LogP contribution in [0.2, 0.25) is 10.0 Å². The zero-order valence-corrected chi connectivity index (χ0v) is 13.0. The fourth-order valence-corrected chi connectivity index (χ4v) is 2.47. The summed E-state index contributed by atoms with van der Waals surface area (Å²) in [6, 6.07) is 6.90. The Morgan fingerprint density at radius 1 is 1.25 bits per heavy atom. The van der Waals surface area contributed by atoms with E-state index in [-0.39, 0.29) is 12.2 Å². The summed E-state index contributed by atoms with van der Waals surface area (Å²) in [6.45, 7) is 4.79. The summed E-state index contributed by atoms with van der Waals surface area (Å²) >= 11 is 12.0. The second-order valence-electron chi connectivity index (χ2n) is 4.52. The van der Waals surface area contributed by atoms with E-state index in [9.17, 15) is 4.79 Å². The van der Waals surface area contributed by atoms with E-state index < -0.39 is 0 Å². The van der Waals surface area contributed by atoms with Crippen LogP contribution >= 0.6 is 23.2 Å². The van der Waals surface area contributed by atoms with Crippen LogP contribution in [0, 0.1) is 0 Å². The number of aromatic nitrogens is 2. The van der Waals surface area contributed by atoms with Crippen LogP contribution in [0.5, 0.6) is 0 Å². The normalized spacial score (nSPS) is 10.8. The molecule has 1 aromatic carbocycles. The molecule has 0 unspecified atom stereocenters. The molecule has 0 saturated heterocycles. The Morgan fingerprint density at radius 2 is 2.00 bits per heavy atom. The Kier molecular flexibility index (Phi) is 4.84. The highest BCUT2D eigenvalue weighted by atomic mass is 35.5. The lowest BCUT2D eigenvalue weighted by molar-refractivity contribution is 0.0990. The van der Waals surface area contributed by atoms with E-state index in [4.69, 9.17) is 23.2 Å². The predicted molar refractivity (Wildman–Crippen MR) is 81.8 cm³/mol. The highest BCUT2D eigenvalue weighted by Crippen LogP contribution is 2.22. The van der Waals surface area contributed by atoms with E-state index in [1.54, 1.807) is 18.2 Å². The molecule has 1 aromatic heterocycles. The number of Topliss-reactive ketones (excluding diaryl/α,β-unsaturated/α-hetero) is 1. The summed E-state index contributed by atoms with van der Waals surface area (Å²) in [7, 11) is 0. The largest absolute Gasteiger partial charge is 0.294 e. The molecule has 0 atom stereocenters. The molecular weight excluding hydrogens is 295 g/mol. The van der Waals surface area contributed by atoms with Gasteiger partial charge in [0.2, 0.25) is 0 Å². The van der Waals surface area contributed by atoms with Crippen molar-refractivity contribution >= 4 is 29.0 Å². The minimum atomic E-state index is -0.0465. The number of benzene rings is 1. The summed E-state index contributed by atoms with van der Waals surface area (Å²) < 4.78 is 1.86. The summed E-state index contributed by atoms with van der Waals surface area (Å²) in [5.41, 5.74) is 2.36. The van der Waals surface area contributed by atoms with Crippen LogP contribution in [0.3, 0.4) is 0 Å². The minimum absolute atomic E-state index is 0.0465. The van der Waals surface area contributed by atoms with E-state index in [1.807, 2.05) is 24.6 Å². The number of nitrogens with zero attached hydrogens (tertiary/aromatic N) is 2. The number of rotatable bonds is 5. The number of halogens is 2. The molecule has 0 fully saturated rings. The fraction of sp³-hybridized carbons (Fsp3) is 0.333. The summed E-state index contributed by atoms with van der Waals surface area (Å²) in [5.74, 6) is -0.0465. The summed E-state index contributed by atoms with van der Waals surface area (Å²) in [6.07, 6.45) is 1.13. The molecular formula is C15H16Cl2N2O. The predicted octanol–water partition coefficient (Wildman–Crippen LogP) is 4.20. The van der Waals surface area contributed by atoms with E-state index in [0.717, 1.165) is 24.4 Å². The van der Waals surface area contributed by atoms with Crippen LogP contribution in [0.15, 0.2) is 24.3 Å². The van der Waals surface area contributed by atoms with Gasteiger partial charge in [-0.1, -0.05) is 30.1 Å². The molecule has 0 N–H and O–H groups in total. The average molecular weight is 311 g/mol. The van der Waals surface area contributed by atoms with Gasteiger partial charge in [0.25, 0.3) is 0 Å². The van der Waals surface area contributed by atoms with E-state index >= 15 is 0 Å². The van der Waals surface area contributed by atoms with Crippen molar-refractivity contribution in [3.63, 3.8) is 0 Å². The van der Waals surface area contributed by atoms with Crippen molar-refractivity contribution in [2.24, 2.45) is 0 Å². The molecule has 1 heterocycles. The van der Waals surface area contributed by atoms with Crippen LogP contribution in [0.25, 0.3) is 0 Å². The van der Waals surface area contributed by atoms with Gasteiger partial charge in [-0.2, -0.15) is 5.10 Å². The highest BCUT2D eigenvalue weighted by molar-refractivity contribution is 6.35. The lowest BCUT2D eigenvalue weighted by Crippen LogP contribution is -2.10. The Morgan fingerprint density at radius 3 is 2.65 bits per heavy atom. The molecule has 0 spiro atoms. The van der Waals surface area contributed by atoms with Gasteiger partial charge < -0.3 is 0 Å². The van der Waals surface area contributed by atoms with Crippen molar-refractivity contribution in [1.29, 1.82) is 0 Å². The smallest absolute Gasteiger partial charge is 0.170 e. The van der Waals surface area contributed by atoms with Crippen LogP contribution in [-0.2, 0) is 19.4 Å². The SMILES string of the molecule is CCc1cc(CC(=O)c2cc(Cl)ccc2Cl)n(CC)n1. The number of carbonyl (C=O) groups excluding carboxylic acids is 1. The summed E-state index contributed by atoms with van der Waals surface area (Å²) in [4.78, 5) is 12.4. The third-order valence-corrected chi connectivity index (χ3v) is 3.71. The minimum Gasteiger partial charge on any atom is -0.294 e. The lowest BCUT2D eigenvalue weighted by Gasteiger charge is -2.06. The van der Waals surface area contributed by atoms with Crippen molar-refractivity contribution in [3.05, 3.63) is 51.3 Å². The molecule has 0 aliphatic carbocycles. The number of ketones is 1. The van der Waals surface area contributed by atoms with Gasteiger partial charge in [-0.05, 0) is 37.6 Å². The van der Waals surface area contributed by atoms with E-state index in [2.05, 4.69) is 5.10 Å². The van der Waals surface area contributed by atoms with Crippen LogP contribution in [0.1, 0.15) is 35.6 Å². The topological polar surface area (TPSA) is 34.9 Å². The molecule has 2 rings (SSSR count). The molecule has 3 nitrogen and oxygen atoms in total. The first-order valence-electron chi connectivity index (χ1n) is 6.59. The first-order chi connectivity index (χ1) is 9.55. The van der Waals surface area contributed by atoms with Crippen molar-refractivity contribution in [2.75, 3.05) is 0 Å². The van der Waals surface area contributed by atoms with Crippen molar-refractivity contribution in [3.8, 4) is 0 Å². The Balaban J connectivity index is 2.27. The summed E-state index contributed by atoms with van der Waals surface area (Å²) in [5, 5.41) is 5.38. The van der Waals surface area contributed by atoms with Gasteiger partial charge in [0.15, 0.2) is 5.78 Å². The molecule has 20 heavy (non-hydrogen) atoms. The number of hydrogen-bond acceptors (Lipinski definition) is 2. The second-order valence-corrected chi connectivity index (χ2v) is 5.36. The zero-order chi connectivity index (χ0) is 14.7. The van der Waals surface area contributed by atoms with Gasteiger partial charge in [-0.3, -0.25) is 9.48 Å². The van der Waals surface area contributed by atoms with Crippen molar-refractivity contribution in [1.82, 2.24) is 9.78 Å². The Bertz CT molecular complexity index is 635. The molecule has 0 radical (unpaired) electrons. The molecule has 5 heteroatoms. The Hall–Kier alpha value is -1.32. The lowest BCUT2D eigenvalue weighted by atomic mass is 10.1. The molecule has 0 bridgehead atoms. The van der Waals surface area contributed by atoms with Crippen molar-refractivity contribution in [2.45, 2.75) is 33.2 Å². The van der Waals surface area contributed by atoms with E-state index in [0.29, 0.717) is 15.6 Å². The first kappa shape index (κ1) is 15.1. The maximum Gasteiger partial charge on any atom is 0.170 e. The van der Waals surface area contributed by atoms with Gasteiger partial charge in [0, 0.05) is 22.8 Å². The van der Waals surface area contributed by atoms with Crippen molar-refractivity contribution < 1.29 is 4.79 Å². The maximum absolute atomic E-state index is 12.4. The molecule has 0 aliphatic rings. The van der Waals surface area contributed by atoms with Gasteiger partial charge >= 0.3 is 0 Å². The third-order valence-electron chi connectivity index (χ3n) is 3.15. The molecule has 0 amide bonds. The average Bonchev–Trinajstić information content (AvgIpc) is 2.83. The number of hydrogen-bond donors (Lipinski definition) is 0. The van der Waals surface area contributed by atoms with Crippen LogP contribution < -0.4 is 0 Å². The van der Waals surface area contributed by atoms with Gasteiger partial charge in [-0.25, -0.2) is 0 Å².